The Morgan fingerprint density at radius 2 is 2.00 bits per heavy atom. The lowest BCUT2D eigenvalue weighted by atomic mass is 10.3. The van der Waals surface area contributed by atoms with Gasteiger partial charge in [-0.25, -0.2) is 8.42 Å². The zero-order valence-corrected chi connectivity index (χ0v) is 10.5. The highest BCUT2D eigenvalue weighted by Gasteiger charge is 2.22. The van der Waals surface area contributed by atoms with Gasteiger partial charge in [0, 0.05) is 6.54 Å². The minimum Gasteiger partial charge on any atom is -0.315 e. The van der Waals surface area contributed by atoms with Crippen LogP contribution in [0.25, 0.3) is 0 Å². The largest absolute Gasteiger partial charge is 0.315 e. The molecule has 0 saturated carbocycles. The van der Waals surface area contributed by atoms with E-state index in [9.17, 15) is 16.8 Å². The Balaban J connectivity index is 4.03. The van der Waals surface area contributed by atoms with Crippen LogP contribution in [0.5, 0.6) is 0 Å². The van der Waals surface area contributed by atoms with Crippen LogP contribution in [0.2, 0.25) is 0 Å². The van der Waals surface area contributed by atoms with Crippen LogP contribution in [0.3, 0.4) is 0 Å². The molecule has 0 aliphatic heterocycles. The molecule has 0 aromatic rings. The standard InChI is InChI=1S/C7H17NO5S2/c1-3-4-5-8-6-7(2)15(11,12)13-14(9)10/h7-8,14H,3-6H2,1-2H3. The van der Waals surface area contributed by atoms with Crippen LogP contribution >= 0.6 is 0 Å². The summed E-state index contributed by atoms with van der Waals surface area (Å²) in [6.45, 7) is 4.31. The van der Waals surface area contributed by atoms with Crippen LogP contribution in [-0.4, -0.2) is 35.2 Å². The maximum atomic E-state index is 11.2. The van der Waals surface area contributed by atoms with Gasteiger partial charge in [0.15, 0.2) is 0 Å². The first-order valence-electron chi connectivity index (χ1n) is 4.68. The van der Waals surface area contributed by atoms with Crippen molar-refractivity contribution in [2.45, 2.75) is 31.9 Å². The molecular weight excluding hydrogens is 242 g/mol. The average molecular weight is 259 g/mol. The molecule has 0 aliphatic carbocycles. The Kier molecular flexibility index (Phi) is 7.07. The SMILES string of the molecule is CCCCNCC(C)S(=O)(=O)O[SH](=O)=O. The third-order valence-electron chi connectivity index (χ3n) is 1.80. The molecule has 0 saturated heterocycles. The quantitative estimate of drug-likeness (QED) is 0.457. The second kappa shape index (κ2) is 7.15. The van der Waals surface area contributed by atoms with E-state index in [1.54, 1.807) is 0 Å². The molecule has 0 aromatic heterocycles. The van der Waals surface area contributed by atoms with Gasteiger partial charge in [-0.2, -0.15) is 8.42 Å². The lowest BCUT2D eigenvalue weighted by Gasteiger charge is -2.10. The molecule has 1 unspecified atom stereocenters. The van der Waals surface area contributed by atoms with Crippen LogP contribution in [-0.2, 0) is 24.7 Å². The fraction of sp³-hybridized carbons (Fsp3) is 1.00. The van der Waals surface area contributed by atoms with Gasteiger partial charge >= 0.3 is 0 Å². The molecule has 0 aromatic carbocycles. The van der Waals surface area contributed by atoms with Gasteiger partial charge in [0.1, 0.15) is 0 Å². The predicted octanol–water partition coefficient (Wildman–Crippen LogP) is -0.363. The lowest BCUT2D eigenvalue weighted by Crippen LogP contribution is -2.32. The van der Waals surface area contributed by atoms with Gasteiger partial charge in [-0.3, -0.25) is 0 Å². The van der Waals surface area contributed by atoms with Crippen molar-refractivity contribution in [2.24, 2.45) is 0 Å². The Labute approximate surface area is 92.3 Å². The first-order chi connectivity index (χ1) is 6.90. The number of nitrogens with one attached hydrogen (secondary N) is 1. The molecule has 15 heavy (non-hydrogen) atoms. The van der Waals surface area contributed by atoms with Crippen molar-refractivity contribution in [2.75, 3.05) is 13.1 Å². The summed E-state index contributed by atoms with van der Waals surface area (Å²) in [5, 5.41) is 2.04. The van der Waals surface area contributed by atoms with E-state index in [0.717, 1.165) is 12.8 Å². The van der Waals surface area contributed by atoms with Crippen molar-refractivity contribution in [3.63, 3.8) is 0 Å². The highest BCUT2D eigenvalue weighted by atomic mass is 32.3. The third kappa shape index (κ3) is 6.82. The van der Waals surface area contributed by atoms with Crippen LogP contribution in [0.15, 0.2) is 0 Å². The predicted molar refractivity (Wildman–Crippen MR) is 57.6 cm³/mol. The van der Waals surface area contributed by atoms with E-state index in [0.29, 0.717) is 6.54 Å². The second-order valence-corrected chi connectivity index (χ2v) is 5.99. The fourth-order valence-corrected chi connectivity index (χ4v) is 2.46. The summed E-state index contributed by atoms with van der Waals surface area (Å²) in [5.74, 6) is 0. The summed E-state index contributed by atoms with van der Waals surface area (Å²) in [7, 11) is -7.36. The van der Waals surface area contributed by atoms with E-state index in [2.05, 4.69) is 8.95 Å². The summed E-state index contributed by atoms with van der Waals surface area (Å²) in [6.07, 6.45) is 1.96. The van der Waals surface area contributed by atoms with Gasteiger partial charge in [0.05, 0.1) is 5.25 Å². The van der Waals surface area contributed by atoms with Gasteiger partial charge in [-0.05, 0) is 19.9 Å². The summed E-state index contributed by atoms with van der Waals surface area (Å²) < 4.78 is 46.4. The van der Waals surface area contributed by atoms with E-state index in [1.165, 1.54) is 6.92 Å². The third-order valence-corrected chi connectivity index (χ3v) is 4.27. The van der Waals surface area contributed by atoms with Gasteiger partial charge in [-0.1, -0.05) is 13.3 Å². The zero-order valence-electron chi connectivity index (χ0n) is 8.80. The molecule has 0 bridgehead atoms. The Hall–Kier alpha value is -0.180. The minimum absolute atomic E-state index is 0.186. The summed E-state index contributed by atoms with van der Waals surface area (Å²) in [5.41, 5.74) is 0. The Morgan fingerprint density at radius 1 is 1.40 bits per heavy atom. The molecule has 0 fully saturated rings. The van der Waals surface area contributed by atoms with Crippen LogP contribution in [0.1, 0.15) is 26.7 Å². The first kappa shape index (κ1) is 14.8. The first-order valence-corrected chi connectivity index (χ1v) is 7.25. The summed E-state index contributed by atoms with van der Waals surface area (Å²) in [6, 6.07) is 0. The highest BCUT2D eigenvalue weighted by molar-refractivity contribution is 7.94. The molecule has 1 N–H and O–H groups in total. The van der Waals surface area contributed by atoms with Crippen molar-refractivity contribution in [3.8, 4) is 0 Å². The molecule has 92 valence electrons. The maximum Gasteiger partial charge on any atom is 0.285 e. The summed E-state index contributed by atoms with van der Waals surface area (Å²) >= 11 is 0. The molecule has 0 heterocycles. The summed E-state index contributed by atoms with van der Waals surface area (Å²) in [4.78, 5) is 0. The van der Waals surface area contributed by atoms with Crippen LogP contribution in [0, 0.1) is 0 Å². The molecule has 0 aliphatic rings. The van der Waals surface area contributed by atoms with Gasteiger partial charge < -0.3 is 5.32 Å². The van der Waals surface area contributed by atoms with Crippen molar-refractivity contribution >= 4 is 21.1 Å². The van der Waals surface area contributed by atoms with E-state index >= 15 is 0 Å². The van der Waals surface area contributed by atoms with Crippen LogP contribution < -0.4 is 5.32 Å². The van der Waals surface area contributed by atoms with E-state index in [-0.39, 0.29) is 6.54 Å². The molecule has 0 rings (SSSR count). The fourth-order valence-electron chi connectivity index (χ4n) is 0.867. The molecule has 0 radical (unpaired) electrons. The number of rotatable bonds is 8. The molecule has 0 amide bonds. The van der Waals surface area contributed by atoms with Crippen molar-refractivity contribution in [3.05, 3.63) is 0 Å². The average Bonchev–Trinajstić information content (AvgIpc) is 2.10. The Bertz CT molecular complexity index is 327. The second-order valence-electron chi connectivity index (χ2n) is 3.16. The van der Waals surface area contributed by atoms with Gasteiger partial charge in [0.25, 0.3) is 21.1 Å². The molecule has 0 spiro atoms. The molecule has 8 heteroatoms. The van der Waals surface area contributed by atoms with Crippen molar-refractivity contribution in [1.29, 1.82) is 0 Å². The molecular formula is C7H17NO5S2. The normalized spacial score (nSPS) is 14.3. The van der Waals surface area contributed by atoms with E-state index in [4.69, 9.17) is 0 Å². The van der Waals surface area contributed by atoms with Crippen molar-refractivity contribution < 1.29 is 20.5 Å². The number of hydrogen-bond donors (Lipinski definition) is 2. The Morgan fingerprint density at radius 3 is 2.47 bits per heavy atom. The molecule has 6 nitrogen and oxygen atoms in total. The minimum atomic E-state index is -4.01. The van der Waals surface area contributed by atoms with Gasteiger partial charge in [-0.15, -0.1) is 3.63 Å². The van der Waals surface area contributed by atoms with Crippen LogP contribution in [0.4, 0.5) is 0 Å². The van der Waals surface area contributed by atoms with E-state index < -0.39 is 26.4 Å². The highest BCUT2D eigenvalue weighted by Crippen LogP contribution is 2.02. The van der Waals surface area contributed by atoms with Crippen molar-refractivity contribution in [1.82, 2.24) is 5.32 Å². The maximum absolute atomic E-state index is 11.2. The number of hydrogen-bond acceptors (Lipinski definition) is 6. The number of unbranched alkanes of at least 4 members (excludes halogenated alkanes) is 1. The zero-order chi connectivity index (χ0) is 11.9. The van der Waals surface area contributed by atoms with E-state index in [1.807, 2.05) is 6.92 Å². The monoisotopic (exact) mass is 259 g/mol. The topological polar surface area (TPSA) is 89.5 Å². The smallest absolute Gasteiger partial charge is 0.285 e. The molecule has 1 atom stereocenters. The lowest BCUT2D eigenvalue weighted by molar-refractivity contribution is 0.464. The van der Waals surface area contributed by atoms with Gasteiger partial charge in [0.2, 0.25) is 0 Å². The number of thiol groups is 1.